The molecule has 16 heavy (non-hydrogen) atoms. The van der Waals surface area contributed by atoms with Crippen molar-refractivity contribution in [1.82, 2.24) is 4.98 Å². The van der Waals surface area contributed by atoms with Crippen LogP contribution in [0.25, 0.3) is 0 Å². The molecule has 1 unspecified atom stereocenters. The Morgan fingerprint density at radius 1 is 1.44 bits per heavy atom. The lowest BCUT2D eigenvalue weighted by Crippen LogP contribution is -2.34. The van der Waals surface area contributed by atoms with Gasteiger partial charge >= 0.3 is 0 Å². The van der Waals surface area contributed by atoms with E-state index in [9.17, 15) is 4.39 Å². The minimum atomic E-state index is -1.24. The molecule has 1 aliphatic heterocycles. The van der Waals surface area contributed by atoms with E-state index in [0.717, 1.165) is 5.56 Å². The highest BCUT2D eigenvalue weighted by atomic mass is 19.1. The van der Waals surface area contributed by atoms with Crippen molar-refractivity contribution in [2.45, 2.75) is 18.4 Å². The summed E-state index contributed by atoms with van der Waals surface area (Å²) in [5.41, 5.74) is 1.46. The summed E-state index contributed by atoms with van der Waals surface area (Å²) >= 11 is 0. The molecule has 0 radical (unpaired) electrons. The van der Waals surface area contributed by atoms with Crippen LogP contribution in [0.4, 0.5) is 4.39 Å². The highest BCUT2D eigenvalue weighted by molar-refractivity contribution is 5.45. The van der Waals surface area contributed by atoms with Crippen molar-refractivity contribution in [3.63, 3.8) is 0 Å². The molecule has 4 nitrogen and oxygen atoms in total. The van der Waals surface area contributed by atoms with E-state index in [1.165, 1.54) is 0 Å². The van der Waals surface area contributed by atoms with Gasteiger partial charge in [-0.15, -0.1) is 0 Å². The number of halogens is 1. The Kier molecular flexibility index (Phi) is 2.12. The molecule has 1 fully saturated rings. The molecule has 2 aliphatic rings. The SMILES string of the molecule is COc1cncc2c1CC(F)C21OCCO1. The maximum atomic E-state index is 14.1. The van der Waals surface area contributed by atoms with Gasteiger partial charge in [0.05, 0.1) is 26.5 Å². The fourth-order valence-corrected chi connectivity index (χ4v) is 2.40. The van der Waals surface area contributed by atoms with E-state index in [1.807, 2.05) is 0 Å². The van der Waals surface area contributed by atoms with Crippen LogP contribution in [-0.4, -0.2) is 31.5 Å². The van der Waals surface area contributed by atoms with Gasteiger partial charge in [-0.3, -0.25) is 4.98 Å². The number of rotatable bonds is 1. The lowest BCUT2D eigenvalue weighted by atomic mass is 10.1. The quantitative estimate of drug-likeness (QED) is 0.719. The number of hydrogen-bond acceptors (Lipinski definition) is 4. The van der Waals surface area contributed by atoms with Crippen molar-refractivity contribution >= 4 is 0 Å². The Morgan fingerprint density at radius 3 is 2.88 bits per heavy atom. The zero-order valence-corrected chi connectivity index (χ0v) is 8.90. The molecule has 86 valence electrons. The van der Waals surface area contributed by atoms with E-state index < -0.39 is 12.0 Å². The highest BCUT2D eigenvalue weighted by Crippen LogP contribution is 2.47. The topological polar surface area (TPSA) is 40.6 Å². The van der Waals surface area contributed by atoms with Gasteiger partial charge in [0.2, 0.25) is 5.79 Å². The second-order valence-corrected chi connectivity index (χ2v) is 3.90. The molecule has 1 aliphatic carbocycles. The zero-order chi connectivity index (χ0) is 11.2. The largest absolute Gasteiger partial charge is 0.495 e. The van der Waals surface area contributed by atoms with Gasteiger partial charge in [0, 0.05) is 23.7 Å². The Bertz CT molecular complexity index is 418. The monoisotopic (exact) mass is 225 g/mol. The fraction of sp³-hybridized carbons (Fsp3) is 0.545. The minimum absolute atomic E-state index is 0.251. The normalized spacial score (nSPS) is 26.0. The average molecular weight is 225 g/mol. The first kappa shape index (κ1) is 9.99. The van der Waals surface area contributed by atoms with Gasteiger partial charge in [-0.05, 0) is 0 Å². The van der Waals surface area contributed by atoms with Crippen molar-refractivity contribution in [2.75, 3.05) is 20.3 Å². The molecule has 0 amide bonds. The van der Waals surface area contributed by atoms with Crippen LogP contribution >= 0.6 is 0 Å². The lowest BCUT2D eigenvalue weighted by molar-refractivity contribution is -0.200. The molecule has 0 saturated carbocycles. The van der Waals surface area contributed by atoms with Crippen molar-refractivity contribution in [1.29, 1.82) is 0 Å². The van der Waals surface area contributed by atoms with E-state index in [4.69, 9.17) is 14.2 Å². The molecule has 1 saturated heterocycles. The van der Waals surface area contributed by atoms with Gasteiger partial charge in [0.25, 0.3) is 0 Å². The smallest absolute Gasteiger partial charge is 0.229 e. The maximum absolute atomic E-state index is 14.1. The van der Waals surface area contributed by atoms with E-state index in [2.05, 4.69) is 4.98 Å². The second kappa shape index (κ2) is 3.40. The van der Waals surface area contributed by atoms with Gasteiger partial charge in [-0.2, -0.15) is 0 Å². The summed E-state index contributed by atoms with van der Waals surface area (Å²) in [5.74, 6) is -0.646. The summed E-state index contributed by atoms with van der Waals surface area (Å²) in [6, 6.07) is 0. The highest BCUT2D eigenvalue weighted by Gasteiger charge is 2.53. The number of ether oxygens (including phenoxy) is 3. The number of alkyl halides is 1. The van der Waals surface area contributed by atoms with Crippen molar-refractivity contribution in [3.8, 4) is 5.75 Å². The summed E-state index contributed by atoms with van der Waals surface area (Å²) < 4.78 is 30.1. The summed E-state index contributed by atoms with van der Waals surface area (Å²) in [6.45, 7) is 0.828. The number of methoxy groups -OCH3 is 1. The number of pyridine rings is 1. The lowest BCUT2D eigenvalue weighted by Gasteiger charge is -2.24. The molecule has 0 bridgehead atoms. The molecular weight excluding hydrogens is 213 g/mol. The summed E-state index contributed by atoms with van der Waals surface area (Å²) in [7, 11) is 1.55. The van der Waals surface area contributed by atoms with Crippen LogP contribution in [0.1, 0.15) is 11.1 Å². The number of fused-ring (bicyclic) bond motifs is 2. The standard InChI is InChI=1S/C11H12FNO3/c1-14-9-6-13-5-8-7(9)4-10(12)11(8)15-2-3-16-11/h5-6,10H,2-4H2,1H3. The van der Waals surface area contributed by atoms with Gasteiger partial charge < -0.3 is 14.2 Å². The first-order valence-corrected chi connectivity index (χ1v) is 5.21. The Labute approximate surface area is 92.3 Å². The number of aromatic nitrogens is 1. The van der Waals surface area contributed by atoms with Crippen LogP contribution in [-0.2, 0) is 21.7 Å². The molecule has 3 rings (SSSR count). The van der Waals surface area contributed by atoms with Crippen molar-refractivity contribution < 1.29 is 18.6 Å². The van der Waals surface area contributed by atoms with Crippen LogP contribution < -0.4 is 4.74 Å². The van der Waals surface area contributed by atoms with E-state index in [-0.39, 0.29) is 6.42 Å². The number of hydrogen-bond donors (Lipinski definition) is 0. The summed E-state index contributed by atoms with van der Waals surface area (Å²) in [5, 5.41) is 0. The predicted octanol–water partition coefficient (Wildman–Crippen LogP) is 1.18. The molecule has 1 aromatic heterocycles. The van der Waals surface area contributed by atoms with Gasteiger partial charge in [0.1, 0.15) is 5.75 Å². The van der Waals surface area contributed by atoms with Crippen LogP contribution in [0.2, 0.25) is 0 Å². The van der Waals surface area contributed by atoms with E-state index in [1.54, 1.807) is 19.5 Å². The molecule has 1 atom stereocenters. The molecule has 1 aromatic rings. The van der Waals surface area contributed by atoms with Crippen LogP contribution in [0, 0.1) is 0 Å². The zero-order valence-electron chi connectivity index (χ0n) is 8.90. The van der Waals surface area contributed by atoms with Crippen molar-refractivity contribution in [3.05, 3.63) is 23.5 Å². The third-order valence-electron chi connectivity index (χ3n) is 3.13. The van der Waals surface area contributed by atoms with E-state index >= 15 is 0 Å². The van der Waals surface area contributed by atoms with Crippen molar-refractivity contribution in [2.24, 2.45) is 0 Å². The number of nitrogens with zero attached hydrogens (tertiary/aromatic N) is 1. The molecule has 5 heteroatoms. The third kappa shape index (κ3) is 1.13. The van der Waals surface area contributed by atoms with Gasteiger partial charge in [-0.1, -0.05) is 0 Å². The molecular formula is C11H12FNO3. The van der Waals surface area contributed by atoms with Crippen LogP contribution in [0.5, 0.6) is 5.75 Å². The van der Waals surface area contributed by atoms with Gasteiger partial charge in [-0.25, -0.2) is 4.39 Å². The average Bonchev–Trinajstić information content (AvgIpc) is 2.88. The first-order chi connectivity index (χ1) is 7.78. The fourth-order valence-electron chi connectivity index (χ4n) is 2.40. The van der Waals surface area contributed by atoms with Crippen LogP contribution in [0.3, 0.4) is 0 Å². The first-order valence-electron chi connectivity index (χ1n) is 5.21. The molecule has 0 N–H and O–H groups in total. The Hall–Kier alpha value is -1.20. The molecule has 0 aromatic carbocycles. The minimum Gasteiger partial charge on any atom is -0.495 e. The third-order valence-corrected chi connectivity index (χ3v) is 3.13. The summed E-state index contributed by atoms with van der Waals surface area (Å²) in [4.78, 5) is 4.03. The van der Waals surface area contributed by atoms with Gasteiger partial charge in [0.15, 0.2) is 6.17 Å². The van der Waals surface area contributed by atoms with E-state index in [0.29, 0.717) is 24.5 Å². The Morgan fingerprint density at radius 2 is 2.19 bits per heavy atom. The van der Waals surface area contributed by atoms with Crippen LogP contribution in [0.15, 0.2) is 12.4 Å². The maximum Gasteiger partial charge on any atom is 0.229 e. The molecule has 2 heterocycles. The predicted molar refractivity (Wildman–Crippen MR) is 53.0 cm³/mol. The summed E-state index contributed by atoms with van der Waals surface area (Å²) in [6.07, 6.45) is 2.24. The second-order valence-electron chi connectivity index (χ2n) is 3.90. The molecule has 1 spiro atoms. The Balaban J connectivity index is 2.14.